The molecule has 0 aliphatic heterocycles. The largest absolute Gasteiger partial charge is 0.207 e. The van der Waals surface area contributed by atoms with E-state index in [4.69, 9.17) is 11.6 Å². The lowest BCUT2D eigenvalue weighted by Crippen LogP contribution is -2.07. The van der Waals surface area contributed by atoms with Gasteiger partial charge in [0.15, 0.2) is 0 Å². The van der Waals surface area contributed by atoms with Crippen molar-refractivity contribution in [3.63, 3.8) is 0 Å². The van der Waals surface area contributed by atoms with Crippen molar-refractivity contribution < 1.29 is 4.39 Å². The van der Waals surface area contributed by atoms with E-state index in [1.165, 1.54) is 12.1 Å². The number of thioether (sulfide) groups is 1. The van der Waals surface area contributed by atoms with Crippen LogP contribution in [-0.2, 0) is 5.75 Å². The molecular formula is C11H14ClFS. The van der Waals surface area contributed by atoms with Crippen molar-refractivity contribution in [2.45, 2.75) is 31.3 Å². The molecule has 0 bridgehead atoms. The number of halogens is 2. The van der Waals surface area contributed by atoms with Crippen molar-refractivity contribution in [3.8, 4) is 0 Å². The predicted molar refractivity (Wildman–Crippen MR) is 62.5 cm³/mol. The Balaban J connectivity index is 2.68. The summed E-state index contributed by atoms with van der Waals surface area (Å²) in [4.78, 5) is 0. The maximum atomic E-state index is 12.7. The third-order valence-corrected chi connectivity index (χ3v) is 3.35. The van der Waals surface area contributed by atoms with E-state index in [1.807, 2.05) is 0 Å². The van der Waals surface area contributed by atoms with E-state index in [1.54, 1.807) is 17.8 Å². The molecule has 0 aromatic heterocycles. The van der Waals surface area contributed by atoms with Gasteiger partial charge in [0.05, 0.1) is 0 Å². The van der Waals surface area contributed by atoms with Gasteiger partial charge in [-0.05, 0) is 17.7 Å². The van der Waals surface area contributed by atoms with Gasteiger partial charge in [0, 0.05) is 15.5 Å². The molecule has 0 radical (unpaired) electrons. The van der Waals surface area contributed by atoms with Crippen LogP contribution in [-0.4, -0.2) is 4.75 Å². The molecule has 1 aromatic carbocycles. The van der Waals surface area contributed by atoms with Crippen molar-refractivity contribution in [1.82, 2.24) is 0 Å². The van der Waals surface area contributed by atoms with Gasteiger partial charge >= 0.3 is 0 Å². The average molecular weight is 233 g/mol. The van der Waals surface area contributed by atoms with Crippen molar-refractivity contribution in [2.75, 3.05) is 0 Å². The average Bonchev–Trinajstić information content (AvgIpc) is 2.00. The highest BCUT2D eigenvalue weighted by atomic mass is 35.5. The van der Waals surface area contributed by atoms with Crippen LogP contribution in [0.3, 0.4) is 0 Å². The van der Waals surface area contributed by atoms with Gasteiger partial charge in [-0.15, -0.1) is 0 Å². The highest BCUT2D eigenvalue weighted by Crippen LogP contribution is 2.30. The molecule has 0 heterocycles. The first kappa shape index (κ1) is 11.9. The molecule has 0 N–H and O–H groups in total. The molecule has 0 nitrogen and oxygen atoms in total. The third kappa shape index (κ3) is 3.89. The Morgan fingerprint density at radius 1 is 1.36 bits per heavy atom. The minimum Gasteiger partial charge on any atom is -0.207 e. The molecule has 78 valence electrons. The van der Waals surface area contributed by atoms with Gasteiger partial charge in [0.25, 0.3) is 0 Å². The summed E-state index contributed by atoms with van der Waals surface area (Å²) in [5.41, 5.74) is 0.994. The lowest BCUT2D eigenvalue weighted by molar-refractivity contribution is 0.627. The van der Waals surface area contributed by atoms with Gasteiger partial charge in [-0.25, -0.2) is 4.39 Å². The molecule has 0 fully saturated rings. The number of hydrogen-bond acceptors (Lipinski definition) is 1. The Kier molecular flexibility index (Phi) is 3.85. The van der Waals surface area contributed by atoms with Crippen LogP contribution in [0.15, 0.2) is 18.2 Å². The molecule has 0 saturated heterocycles. The number of hydrogen-bond donors (Lipinski definition) is 0. The SMILES string of the molecule is CC(C)(C)SCc1ccc(F)cc1Cl. The Hall–Kier alpha value is -0.210. The summed E-state index contributed by atoms with van der Waals surface area (Å²) < 4.78 is 12.9. The van der Waals surface area contributed by atoms with E-state index in [0.29, 0.717) is 5.02 Å². The molecule has 3 heteroatoms. The van der Waals surface area contributed by atoms with Crippen molar-refractivity contribution in [2.24, 2.45) is 0 Å². The van der Waals surface area contributed by atoms with Crippen molar-refractivity contribution in [1.29, 1.82) is 0 Å². The van der Waals surface area contributed by atoms with E-state index in [9.17, 15) is 4.39 Å². The van der Waals surface area contributed by atoms with Gasteiger partial charge in [-0.2, -0.15) is 11.8 Å². The van der Waals surface area contributed by atoms with Crippen LogP contribution in [0.4, 0.5) is 4.39 Å². The molecule has 1 rings (SSSR count). The molecule has 0 atom stereocenters. The summed E-state index contributed by atoms with van der Waals surface area (Å²) in [6, 6.07) is 4.56. The molecule has 0 saturated carbocycles. The monoisotopic (exact) mass is 232 g/mol. The van der Waals surface area contributed by atoms with Crippen LogP contribution in [0, 0.1) is 5.82 Å². The maximum absolute atomic E-state index is 12.7. The van der Waals surface area contributed by atoms with E-state index in [2.05, 4.69) is 20.8 Å². The minimum atomic E-state index is -0.278. The van der Waals surface area contributed by atoms with Crippen LogP contribution >= 0.6 is 23.4 Å². The van der Waals surface area contributed by atoms with Gasteiger partial charge in [0.2, 0.25) is 0 Å². The van der Waals surface area contributed by atoms with Gasteiger partial charge in [-0.1, -0.05) is 38.4 Å². The molecule has 0 spiro atoms. The molecule has 0 unspecified atom stereocenters. The first-order valence-electron chi connectivity index (χ1n) is 4.46. The summed E-state index contributed by atoms with van der Waals surface area (Å²) in [5, 5.41) is 0.516. The van der Waals surface area contributed by atoms with Gasteiger partial charge in [0.1, 0.15) is 5.82 Å². The second-order valence-electron chi connectivity index (χ2n) is 4.14. The Morgan fingerprint density at radius 2 is 2.00 bits per heavy atom. The fourth-order valence-electron chi connectivity index (χ4n) is 0.933. The molecule has 14 heavy (non-hydrogen) atoms. The molecule has 0 amide bonds. The second kappa shape index (κ2) is 4.54. The lowest BCUT2D eigenvalue weighted by atomic mass is 10.2. The van der Waals surface area contributed by atoms with Crippen molar-refractivity contribution >= 4 is 23.4 Å². The molecule has 0 aliphatic rings. The number of rotatable bonds is 2. The topological polar surface area (TPSA) is 0 Å². The smallest absolute Gasteiger partial charge is 0.124 e. The zero-order chi connectivity index (χ0) is 10.8. The summed E-state index contributed by atoms with van der Waals surface area (Å²) in [6.45, 7) is 6.44. The first-order valence-corrected chi connectivity index (χ1v) is 5.83. The van der Waals surface area contributed by atoms with Crippen LogP contribution in [0.2, 0.25) is 5.02 Å². The normalized spacial score (nSPS) is 11.8. The summed E-state index contributed by atoms with van der Waals surface area (Å²) in [7, 11) is 0. The van der Waals surface area contributed by atoms with Crippen LogP contribution in [0.25, 0.3) is 0 Å². The highest BCUT2D eigenvalue weighted by Gasteiger charge is 2.11. The van der Waals surface area contributed by atoms with E-state index >= 15 is 0 Å². The predicted octanol–water partition coefficient (Wildman–Crippen LogP) is 4.51. The van der Waals surface area contributed by atoms with E-state index < -0.39 is 0 Å². The zero-order valence-corrected chi connectivity index (χ0v) is 10.2. The molecule has 0 aliphatic carbocycles. The maximum Gasteiger partial charge on any atom is 0.124 e. The first-order chi connectivity index (χ1) is 6.38. The fourth-order valence-corrected chi connectivity index (χ4v) is 2.09. The third-order valence-electron chi connectivity index (χ3n) is 1.68. The second-order valence-corrected chi connectivity index (χ2v) is 6.35. The van der Waals surface area contributed by atoms with Crippen LogP contribution in [0.5, 0.6) is 0 Å². The molecule has 1 aromatic rings. The minimum absolute atomic E-state index is 0.206. The molecular weight excluding hydrogens is 219 g/mol. The van der Waals surface area contributed by atoms with Crippen LogP contribution in [0.1, 0.15) is 26.3 Å². The van der Waals surface area contributed by atoms with Gasteiger partial charge < -0.3 is 0 Å². The van der Waals surface area contributed by atoms with Gasteiger partial charge in [-0.3, -0.25) is 0 Å². The summed E-state index contributed by atoms with van der Waals surface area (Å²) in [6.07, 6.45) is 0. The quantitative estimate of drug-likeness (QED) is 0.723. The highest BCUT2D eigenvalue weighted by molar-refractivity contribution is 7.99. The van der Waals surface area contributed by atoms with E-state index in [0.717, 1.165) is 11.3 Å². The van der Waals surface area contributed by atoms with Crippen LogP contribution < -0.4 is 0 Å². The number of benzene rings is 1. The lowest BCUT2D eigenvalue weighted by Gasteiger charge is -2.17. The van der Waals surface area contributed by atoms with E-state index in [-0.39, 0.29) is 10.6 Å². The van der Waals surface area contributed by atoms with Crippen molar-refractivity contribution in [3.05, 3.63) is 34.6 Å². The summed E-state index contributed by atoms with van der Waals surface area (Å²) in [5.74, 6) is 0.544. The Labute approximate surface area is 93.8 Å². The Bertz CT molecular complexity index is 318. The zero-order valence-electron chi connectivity index (χ0n) is 8.60. The summed E-state index contributed by atoms with van der Waals surface area (Å²) >= 11 is 7.70. The standard InChI is InChI=1S/C11H14ClFS/c1-11(2,3)14-7-8-4-5-9(13)6-10(8)12/h4-6H,7H2,1-3H3. The fraction of sp³-hybridized carbons (Fsp3) is 0.455. The Morgan fingerprint density at radius 3 is 2.50 bits per heavy atom.